The van der Waals surface area contributed by atoms with Crippen LogP contribution in [0.5, 0.6) is 0 Å². The van der Waals surface area contributed by atoms with E-state index < -0.39 is 0 Å². The van der Waals surface area contributed by atoms with Crippen LogP contribution in [0.3, 0.4) is 0 Å². The number of hydrogen-bond acceptors (Lipinski definition) is 4. The molecular formula is C20H30BrN3O3. The van der Waals surface area contributed by atoms with Crippen LogP contribution in [0.1, 0.15) is 37.0 Å². The number of benzene rings is 1. The van der Waals surface area contributed by atoms with E-state index in [0.717, 1.165) is 37.2 Å². The summed E-state index contributed by atoms with van der Waals surface area (Å²) in [7, 11) is 0. The molecule has 150 valence electrons. The molecule has 2 rings (SSSR count). The van der Waals surface area contributed by atoms with E-state index in [9.17, 15) is 9.59 Å². The normalized spacial score (nSPS) is 16.1. The maximum atomic E-state index is 12.2. The molecule has 6 nitrogen and oxygen atoms in total. The van der Waals surface area contributed by atoms with Gasteiger partial charge in [-0.15, -0.1) is 0 Å². The monoisotopic (exact) mass is 439 g/mol. The lowest BCUT2D eigenvalue weighted by Crippen LogP contribution is -2.49. The zero-order valence-electron chi connectivity index (χ0n) is 16.2. The first-order valence-corrected chi connectivity index (χ1v) is 10.4. The highest BCUT2D eigenvalue weighted by molar-refractivity contribution is 9.10. The minimum absolute atomic E-state index is 0.0341. The van der Waals surface area contributed by atoms with Crippen molar-refractivity contribution in [3.05, 3.63) is 34.3 Å². The van der Waals surface area contributed by atoms with Gasteiger partial charge in [-0.3, -0.25) is 14.5 Å². The summed E-state index contributed by atoms with van der Waals surface area (Å²) < 4.78 is 6.35. The molecule has 0 radical (unpaired) electrons. The third-order valence-corrected chi connectivity index (χ3v) is 5.11. The number of carbonyl (C=O) groups is 2. The number of morpholine rings is 1. The van der Waals surface area contributed by atoms with Gasteiger partial charge in [-0.25, -0.2) is 0 Å². The molecule has 0 aromatic heterocycles. The predicted molar refractivity (Wildman–Crippen MR) is 110 cm³/mol. The second-order valence-electron chi connectivity index (χ2n) is 7.25. The van der Waals surface area contributed by atoms with Crippen LogP contribution in [0.15, 0.2) is 28.7 Å². The molecule has 0 unspecified atom stereocenters. The van der Waals surface area contributed by atoms with Crippen LogP contribution < -0.4 is 10.6 Å². The molecule has 0 aliphatic carbocycles. The van der Waals surface area contributed by atoms with E-state index >= 15 is 0 Å². The molecule has 27 heavy (non-hydrogen) atoms. The lowest BCUT2D eigenvalue weighted by Gasteiger charge is -2.35. The molecule has 0 bridgehead atoms. The average molecular weight is 440 g/mol. The minimum atomic E-state index is -0.165. The maximum absolute atomic E-state index is 12.2. The fourth-order valence-corrected chi connectivity index (χ4v) is 3.43. The van der Waals surface area contributed by atoms with Crippen LogP contribution in [-0.2, 0) is 9.53 Å². The van der Waals surface area contributed by atoms with Crippen LogP contribution in [0.2, 0.25) is 0 Å². The lowest BCUT2D eigenvalue weighted by atomic mass is 10.0. The van der Waals surface area contributed by atoms with E-state index in [1.54, 1.807) is 12.1 Å². The van der Waals surface area contributed by atoms with Gasteiger partial charge in [0.25, 0.3) is 5.91 Å². The third kappa shape index (κ3) is 7.99. The zero-order valence-corrected chi connectivity index (χ0v) is 17.8. The van der Waals surface area contributed by atoms with E-state index in [0.29, 0.717) is 30.6 Å². The van der Waals surface area contributed by atoms with Crippen molar-refractivity contribution in [2.24, 2.45) is 5.92 Å². The highest BCUT2D eigenvalue weighted by Crippen LogP contribution is 2.13. The van der Waals surface area contributed by atoms with Crippen molar-refractivity contribution in [2.75, 3.05) is 39.4 Å². The number of ether oxygens (including phenoxy) is 1. The Hall–Kier alpha value is -1.44. The summed E-state index contributed by atoms with van der Waals surface area (Å²) in [6.45, 7) is 8.70. The molecular weight excluding hydrogens is 410 g/mol. The van der Waals surface area contributed by atoms with Crippen molar-refractivity contribution < 1.29 is 14.3 Å². The molecule has 1 aliphatic rings. The Bertz CT molecular complexity index is 601. The third-order valence-electron chi connectivity index (χ3n) is 4.58. The molecule has 1 aromatic rings. The molecule has 1 heterocycles. The largest absolute Gasteiger partial charge is 0.379 e. The summed E-state index contributed by atoms with van der Waals surface area (Å²) in [5.41, 5.74) is 0.586. The second kappa shape index (κ2) is 11.4. The Morgan fingerprint density at radius 3 is 2.44 bits per heavy atom. The molecule has 1 aromatic carbocycles. The lowest BCUT2D eigenvalue weighted by molar-refractivity contribution is -0.121. The number of rotatable bonds is 9. The maximum Gasteiger partial charge on any atom is 0.251 e. The van der Waals surface area contributed by atoms with Crippen LogP contribution in [-0.4, -0.2) is 62.1 Å². The van der Waals surface area contributed by atoms with E-state index in [2.05, 4.69) is 45.3 Å². The summed E-state index contributed by atoms with van der Waals surface area (Å²) in [5.74, 6) is 0.370. The Kier molecular flexibility index (Phi) is 9.24. The SMILES string of the molecule is CC(C)C[C@@H](CNC(=O)CCNC(=O)c1ccc(Br)cc1)N1CCOCC1. The first kappa shape index (κ1) is 21.9. The quantitative estimate of drug-likeness (QED) is 0.619. The van der Waals surface area contributed by atoms with E-state index in [4.69, 9.17) is 4.74 Å². The number of carbonyl (C=O) groups excluding carboxylic acids is 2. The van der Waals surface area contributed by atoms with Gasteiger partial charge in [-0.05, 0) is 36.6 Å². The minimum Gasteiger partial charge on any atom is -0.379 e. The Morgan fingerprint density at radius 1 is 1.15 bits per heavy atom. The predicted octanol–water partition coefficient (Wildman–Crippen LogP) is 2.43. The number of nitrogens with zero attached hydrogens (tertiary/aromatic N) is 1. The number of nitrogens with one attached hydrogen (secondary N) is 2. The zero-order chi connectivity index (χ0) is 19.6. The number of halogens is 1. The van der Waals surface area contributed by atoms with E-state index in [1.165, 1.54) is 0 Å². The van der Waals surface area contributed by atoms with Gasteiger partial charge in [0.2, 0.25) is 5.91 Å². The standard InChI is InChI=1S/C20H30BrN3O3/c1-15(2)13-18(24-9-11-27-12-10-24)14-23-19(25)7-8-22-20(26)16-3-5-17(21)6-4-16/h3-6,15,18H,7-14H2,1-2H3,(H,22,26)(H,23,25)/t18-/m0/s1. The Morgan fingerprint density at radius 2 is 1.81 bits per heavy atom. The fourth-order valence-electron chi connectivity index (χ4n) is 3.16. The first-order chi connectivity index (χ1) is 13.0. The van der Waals surface area contributed by atoms with Gasteiger partial charge in [0.1, 0.15) is 0 Å². The smallest absolute Gasteiger partial charge is 0.251 e. The number of hydrogen-bond donors (Lipinski definition) is 2. The van der Waals surface area contributed by atoms with Crippen molar-refractivity contribution in [1.82, 2.24) is 15.5 Å². The van der Waals surface area contributed by atoms with Gasteiger partial charge in [0.15, 0.2) is 0 Å². The summed E-state index contributed by atoms with van der Waals surface area (Å²) >= 11 is 3.34. The molecule has 0 spiro atoms. The molecule has 2 N–H and O–H groups in total. The molecule has 1 aliphatic heterocycles. The Labute approximate surface area is 170 Å². The van der Waals surface area contributed by atoms with Crippen molar-refractivity contribution in [3.63, 3.8) is 0 Å². The van der Waals surface area contributed by atoms with Crippen LogP contribution in [0.4, 0.5) is 0 Å². The van der Waals surface area contributed by atoms with Crippen molar-refractivity contribution in [3.8, 4) is 0 Å². The van der Waals surface area contributed by atoms with E-state index in [-0.39, 0.29) is 18.2 Å². The highest BCUT2D eigenvalue weighted by Gasteiger charge is 2.22. The van der Waals surface area contributed by atoms with Gasteiger partial charge in [0, 0.05) is 48.7 Å². The van der Waals surface area contributed by atoms with Crippen molar-refractivity contribution in [2.45, 2.75) is 32.7 Å². The first-order valence-electron chi connectivity index (χ1n) is 9.58. The second-order valence-corrected chi connectivity index (χ2v) is 8.16. The van der Waals surface area contributed by atoms with Gasteiger partial charge in [0.05, 0.1) is 13.2 Å². The molecule has 1 fully saturated rings. The van der Waals surface area contributed by atoms with Crippen LogP contribution in [0, 0.1) is 5.92 Å². The molecule has 0 saturated carbocycles. The molecule has 1 atom stereocenters. The van der Waals surface area contributed by atoms with Gasteiger partial charge < -0.3 is 15.4 Å². The molecule has 2 amide bonds. The van der Waals surface area contributed by atoms with Crippen LogP contribution in [0.25, 0.3) is 0 Å². The Balaban J connectivity index is 1.71. The summed E-state index contributed by atoms with van der Waals surface area (Å²) in [5, 5.41) is 5.82. The van der Waals surface area contributed by atoms with Crippen molar-refractivity contribution in [1.29, 1.82) is 0 Å². The van der Waals surface area contributed by atoms with Crippen LogP contribution >= 0.6 is 15.9 Å². The fraction of sp³-hybridized carbons (Fsp3) is 0.600. The van der Waals surface area contributed by atoms with E-state index in [1.807, 2.05) is 12.1 Å². The molecule has 7 heteroatoms. The molecule has 1 saturated heterocycles. The summed E-state index contributed by atoms with van der Waals surface area (Å²) in [6.07, 6.45) is 1.32. The summed E-state index contributed by atoms with van der Waals surface area (Å²) in [6, 6.07) is 7.47. The van der Waals surface area contributed by atoms with Gasteiger partial charge in [-0.2, -0.15) is 0 Å². The van der Waals surface area contributed by atoms with Gasteiger partial charge in [-0.1, -0.05) is 29.8 Å². The van der Waals surface area contributed by atoms with Gasteiger partial charge >= 0.3 is 0 Å². The topological polar surface area (TPSA) is 70.7 Å². The summed E-state index contributed by atoms with van der Waals surface area (Å²) in [4.78, 5) is 26.6. The highest BCUT2D eigenvalue weighted by atomic mass is 79.9. The number of amides is 2. The van der Waals surface area contributed by atoms with Crippen molar-refractivity contribution >= 4 is 27.7 Å². The average Bonchev–Trinajstić information content (AvgIpc) is 2.66.